The van der Waals surface area contributed by atoms with E-state index in [1.54, 1.807) is 36.5 Å². The molecule has 0 atom stereocenters. The maximum atomic E-state index is 11.7. The Balaban J connectivity index is 1.97. The number of nitriles is 1. The van der Waals surface area contributed by atoms with E-state index in [9.17, 15) is 4.79 Å². The molecule has 0 aliphatic carbocycles. The molecule has 1 aromatic carbocycles. The van der Waals surface area contributed by atoms with Gasteiger partial charge in [0.25, 0.3) is 5.91 Å². The zero-order valence-corrected chi connectivity index (χ0v) is 18.6. The fourth-order valence-corrected chi connectivity index (χ4v) is 3.04. The van der Waals surface area contributed by atoms with E-state index in [-0.39, 0.29) is 11.4 Å². The number of nitrogens with two attached hydrogens (primary N) is 3. The topological polar surface area (TPSA) is 169 Å². The van der Waals surface area contributed by atoms with Crippen LogP contribution in [0.4, 0.5) is 5.82 Å². The van der Waals surface area contributed by atoms with Crippen molar-refractivity contribution in [2.24, 2.45) is 22.2 Å². The van der Waals surface area contributed by atoms with Gasteiger partial charge >= 0.3 is 0 Å². The summed E-state index contributed by atoms with van der Waals surface area (Å²) >= 11 is 0. The molecule has 0 fully saturated rings. The van der Waals surface area contributed by atoms with Gasteiger partial charge in [-0.3, -0.25) is 14.8 Å². The largest absolute Gasteiger partial charge is 0.404 e. The Hall–Kier alpha value is -4.97. The average Bonchev–Trinajstić information content (AvgIpc) is 2.83. The van der Waals surface area contributed by atoms with Crippen molar-refractivity contribution in [3.05, 3.63) is 101 Å². The first-order valence-electron chi connectivity index (χ1n) is 10.3. The molecular formula is C25H24N8O. The number of primary amides is 1. The molecule has 0 radical (unpaired) electrons. The van der Waals surface area contributed by atoms with Gasteiger partial charge in [0, 0.05) is 29.7 Å². The zero-order chi connectivity index (χ0) is 24.5. The van der Waals surface area contributed by atoms with Gasteiger partial charge < -0.3 is 22.5 Å². The van der Waals surface area contributed by atoms with Crippen LogP contribution in [0.3, 0.4) is 0 Å². The molecule has 0 saturated heterocycles. The highest BCUT2D eigenvalue weighted by atomic mass is 16.1. The van der Waals surface area contributed by atoms with Crippen LogP contribution in [-0.2, 0) is 11.3 Å². The number of rotatable bonds is 8. The number of hydrogen-bond donors (Lipinski definition) is 4. The third-order valence-electron chi connectivity index (χ3n) is 4.75. The Kier molecular flexibility index (Phi) is 7.71. The van der Waals surface area contributed by atoms with Crippen LogP contribution in [0.15, 0.2) is 78.1 Å². The van der Waals surface area contributed by atoms with Crippen LogP contribution >= 0.6 is 0 Å². The number of amidine groups is 1. The second-order valence-corrected chi connectivity index (χ2v) is 7.27. The molecule has 34 heavy (non-hydrogen) atoms. The van der Waals surface area contributed by atoms with E-state index in [1.807, 2.05) is 37.3 Å². The third kappa shape index (κ3) is 6.27. The molecule has 0 bridgehead atoms. The van der Waals surface area contributed by atoms with E-state index in [1.165, 1.54) is 0 Å². The minimum Gasteiger partial charge on any atom is -0.404 e. The summed E-state index contributed by atoms with van der Waals surface area (Å²) in [5, 5.41) is 12.2. The van der Waals surface area contributed by atoms with Crippen molar-refractivity contribution in [2.45, 2.75) is 13.5 Å². The number of carbonyl (C=O) groups is 1. The Bertz CT molecular complexity index is 1320. The SMILES string of the molecule is Cc1cccc(N/C(=C\C(N)=NCc2ccc(C#N)cc2)c2ccnc(C(=CN)C(N)=O)c2)n1. The number of nitrogens with one attached hydrogen (secondary N) is 1. The van der Waals surface area contributed by atoms with E-state index in [0.717, 1.165) is 17.5 Å². The van der Waals surface area contributed by atoms with Gasteiger partial charge in [0.1, 0.15) is 11.7 Å². The van der Waals surface area contributed by atoms with Gasteiger partial charge in [-0.05, 0) is 48.9 Å². The minimum absolute atomic E-state index is 0.0948. The molecule has 1 amide bonds. The number of amides is 1. The van der Waals surface area contributed by atoms with Crippen LogP contribution in [0.2, 0.25) is 0 Å². The standard InChI is InChI=1S/C25H24N8O/c1-16-3-2-4-24(32-16)33-21(19-9-10-30-22(11-19)20(14-27)25(29)34)12-23(28)31-15-18-7-5-17(13-26)6-8-18/h2-12,14H,15,27H2,1H3,(H2,28,31)(H2,29,34)(H,32,33)/b20-14?,21-12-. The van der Waals surface area contributed by atoms with Crippen LogP contribution < -0.4 is 22.5 Å². The number of hydrogen-bond acceptors (Lipinski definition) is 7. The molecule has 0 aliphatic heterocycles. The number of aromatic nitrogens is 2. The zero-order valence-electron chi connectivity index (χ0n) is 18.6. The molecule has 2 heterocycles. The third-order valence-corrected chi connectivity index (χ3v) is 4.75. The molecule has 3 rings (SSSR count). The normalized spacial score (nSPS) is 12.2. The Morgan fingerprint density at radius 3 is 2.59 bits per heavy atom. The van der Waals surface area contributed by atoms with Gasteiger partial charge in [0.2, 0.25) is 0 Å². The van der Waals surface area contributed by atoms with Crippen LogP contribution in [0.1, 0.15) is 28.1 Å². The number of aliphatic imine (C=N–C) groups is 1. The highest BCUT2D eigenvalue weighted by molar-refractivity contribution is 6.18. The second kappa shape index (κ2) is 11.1. The number of carbonyl (C=O) groups excluding carboxylic acids is 1. The number of pyridine rings is 2. The number of nitrogens with zero attached hydrogens (tertiary/aromatic N) is 4. The van der Waals surface area contributed by atoms with Crippen molar-refractivity contribution >= 4 is 28.8 Å². The molecule has 3 aromatic rings. The fourth-order valence-electron chi connectivity index (χ4n) is 3.04. The second-order valence-electron chi connectivity index (χ2n) is 7.27. The molecule has 7 N–H and O–H groups in total. The summed E-state index contributed by atoms with van der Waals surface area (Å²) in [5.74, 6) is 0.186. The van der Waals surface area contributed by atoms with Gasteiger partial charge in [-0.25, -0.2) is 4.98 Å². The monoisotopic (exact) mass is 452 g/mol. The predicted octanol–water partition coefficient (Wildman–Crippen LogP) is 2.45. The summed E-state index contributed by atoms with van der Waals surface area (Å²) in [6.45, 7) is 2.23. The number of aryl methyl sites for hydroxylation is 1. The van der Waals surface area contributed by atoms with Gasteiger partial charge in [0.15, 0.2) is 0 Å². The Morgan fingerprint density at radius 2 is 1.94 bits per heavy atom. The van der Waals surface area contributed by atoms with E-state index in [0.29, 0.717) is 34.9 Å². The van der Waals surface area contributed by atoms with Crippen molar-refractivity contribution < 1.29 is 4.79 Å². The van der Waals surface area contributed by atoms with E-state index in [4.69, 9.17) is 22.5 Å². The van der Waals surface area contributed by atoms with Crippen LogP contribution in [-0.4, -0.2) is 21.7 Å². The van der Waals surface area contributed by atoms with Crippen LogP contribution in [0, 0.1) is 18.3 Å². The average molecular weight is 453 g/mol. The summed E-state index contributed by atoms with van der Waals surface area (Å²) in [6, 6.07) is 18.2. The molecule has 0 unspecified atom stereocenters. The molecule has 170 valence electrons. The van der Waals surface area contributed by atoms with Gasteiger partial charge in [-0.1, -0.05) is 18.2 Å². The predicted molar refractivity (Wildman–Crippen MR) is 133 cm³/mol. The highest BCUT2D eigenvalue weighted by Gasteiger charge is 2.12. The van der Waals surface area contributed by atoms with Crippen molar-refractivity contribution in [3.63, 3.8) is 0 Å². The molecule has 0 saturated carbocycles. The fraction of sp³-hybridized carbons (Fsp3) is 0.0800. The van der Waals surface area contributed by atoms with Crippen LogP contribution in [0.5, 0.6) is 0 Å². The summed E-state index contributed by atoms with van der Waals surface area (Å²) in [7, 11) is 0. The van der Waals surface area contributed by atoms with E-state index in [2.05, 4.69) is 26.3 Å². The minimum atomic E-state index is -0.686. The lowest BCUT2D eigenvalue weighted by molar-refractivity contribution is -0.112. The van der Waals surface area contributed by atoms with Crippen molar-refractivity contribution in [2.75, 3.05) is 5.32 Å². The van der Waals surface area contributed by atoms with Gasteiger partial charge in [-0.2, -0.15) is 5.26 Å². The Morgan fingerprint density at radius 1 is 1.18 bits per heavy atom. The molecular weight excluding hydrogens is 428 g/mol. The van der Waals surface area contributed by atoms with E-state index < -0.39 is 5.91 Å². The first-order chi connectivity index (χ1) is 16.4. The van der Waals surface area contributed by atoms with Crippen LogP contribution in [0.25, 0.3) is 11.3 Å². The first kappa shape index (κ1) is 23.7. The quantitative estimate of drug-likeness (QED) is 0.231. The summed E-state index contributed by atoms with van der Waals surface area (Å²) in [6.07, 6.45) is 4.34. The summed E-state index contributed by atoms with van der Waals surface area (Å²) < 4.78 is 0. The molecule has 9 nitrogen and oxygen atoms in total. The highest BCUT2D eigenvalue weighted by Crippen LogP contribution is 2.21. The number of anilines is 1. The Labute approximate surface area is 197 Å². The lowest BCUT2D eigenvalue weighted by Gasteiger charge is -2.13. The summed E-state index contributed by atoms with van der Waals surface area (Å²) in [4.78, 5) is 24.8. The first-order valence-corrected chi connectivity index (χ1v) is 10.3. The van der Waals surface area contributed by atoms with Gasteiger partial charge in [0.05, 0.1) is 35.1 Å². The lowest BCUT2D eigenvalue weighted by Crippen LogP contribution is -2.16. The molecule has 0 spiro atoms. The molecule has 0 aliphatic rings. The van der Waals surface area contributed by atoms with E-state index >= 15 is 0 Å². The maximum absolute atomic E-state index is 11.7. The molecule has 9 heteroatoms. The molecule has 2 aromatic heterocycles. The maximum Gasteiger partial charge on any atom is 0.252 e. The van der Waals surface area contributed by atoms with Crippen molar-refractivity contribution in [1.82, 2.24) is 9.97 Å². The summed E-state index contributed by atoms with van der Waals surface area (Å²) in [5.41, 5.74) is 21.2. The van der Waals surface area contributed by atoms with Crippen molar-refractivity contribution in [1.29, 1.82) is 5.26 Å². The van der Waals surface area contributed by atoms with Crippen molar-refractivity contribution in [3.8, 4) is 6.07 Å². The van der Waals surface area contributed by atoms with Gasteiger partial charge in [-0.15, -0.1) is 0 Å². The number of benzene rings is 1. The lowest BCUT2D eigenvalue weighted by atomic mass is 10.1. The smallest absolute Gasteiger partial charge is 0.252 e.